The molecule has 1 aromatic carbocycles. The van der Waals surface area contributed by atoms with Crippen LogP contribution in [0, 0.1) is 5.82 Å². The van der Waals surface area contributed by atoms with Crippen molar-refractivity contribution in [3.05, 3.63) is 34.1 Å². The van der Waals surface area contributed by atoms with Gasteiger partial charge in [0.2, 0.25) is 0 Å². The summed E-state index contributed by atoms with van der Waals surface area (Å²) in [6.07, 6.45) is 0. The first kappa shape index (κ1) is 13.6. The second-order valence-corrected chi connectivity index (χ2v) is 3.94. The lowest BCUT2D eigenvalue weighted by atomic mass is 10.2. The molecule has 0 bridgehead atoms. The minimum absolute atomic E-state index is 0.122. The number of carbonyl (C=O) groups is 2. The molecule has 0 fully saturated rings. The number of rotatable bonds is 4. The molecule has 6 heteroatoms. The van der Waals surface area contributed by atoms with Crippen molar-refractivity contribution in [1.29, 1.82) is 0 Å². The molecule has 0 radical (unpaired) electrons. The quantitative estimate of drug-likeness (QED) is 0.864. The summed E-state index contributed by atoms with van der Waals surface area (Å²) in [5, 5.41) is 2.28. The number of amides is 1. The monoisotopic (exact) mass is 303 g/mol. The second-order valence-electron chi connectivity index (χ2n) is 3.09. The average Bonchev–Trinajstić information content (AvgIpc) is 2.30. The van der Waals surface area contributed by atoms with E-state index in [1.165, 1.54) is 18.2 Å². The van der Waals surface area contributed by atoms with Crippen LogP contribution in [0.4, 0.5) is 4.39 Å². The van der Waals surface area contributed by atoms with Crippen LogP contribution in [0.1, 0.15) is 17.3 Å². The van der Waals surface area contributed by atoms with Crippen molar-refractivity contribution in [1.82, 2.24) is 5.32 Å². The molecule has 0 aliphatic carbocycles. The maximum absolute atomic E-state index is 13.5. The molecule has 1 N–H and O–H groups in total. The van der Waals surface area contributed by atoms with Gasteiger partial charge in [0.05, 0.1) is 16.6 Å². The Hall–Kier alpha value is -1.43. The van der Waals surface area contributed by atoms with E-state index in [0.717, 1.165) is 0 Å². The van der Waals surface area contributed by atoms with Crippen LogP contribution in [0.15, 0.2) is 22.7 Å². The highest BCUT2D eigenvalue weighted by molar-refractivity contribution is 9.10. The number of carbonyl (C=O) groups excluding carboxylic acids is 2. The first-order valence-corrected chi connectivity index (χ1v) is 5.73. The Labute approximate surface area is 106 Å². The van der Waals surface area contributed by atoms with Gasteiger partial charge in [0.25, 0.3) is 5.91 Å². The van der Waals surface area contributed by atoms with Crippen LogP contribution in [0.2, 0.25) is 0 Å². The van der Waals surface area contributed by atoms with Crippen molar-refractivity contribution in [2.24, 2.45) is 0 Å². The number of nitrogens with one attached hydrogen (secondary N) is 1. The van der Waals surface area contributed by atoms with Crippen LogP contribution < -0.4 is 5.32 Å². The Morgan fingerprint density at radius 1 is 1.47 bits per heavy atom. The summed E-state index contributed by atoms with van der Waals surface area (Å²) in [5.74, 6) is -1.87. The molecule has 17 heavy (non-hydrogen) atoms. The van der Waals surface area contributed by atoms with Crippen molar-refractivity contribution in [3.63, 3.8) is 0 Å². The number of ether oxygens (including phenoxy) is 1. The van der Waals surface area contributed by atoms with E-state index in [2.05, 4.69) is 26.0 Å². The van der Waals surface area contributed by atoms with E-state index in [9.17, 15) is 14.0 Å². The number of hydrogen-bond donors (Lipinski definition) is 1. The number of hydrogen-bond acceptors (Lipinski definition) is 3. The topological polar surface area (TPSA) is 55.4 Å². The molecule has 4 nitrogen and oxygen atoms in total. The zero-order valence-electron chi connectivity index (χ0n) is 9.13. The molecule has 0 aromatic heterocycles. The van der Waals surface area contributed by atoms with Gasteiger partial charge in [0.15, 0.2) is 0 Å². The molecule has 1 aromatic rings. The van der Waals surface area contributed by atoms with E-state index in [-0.39, 0.29) is 23.2 Å². The minimum Gasteiger partial charge on any atom is -0.465 e. The molecule has 0 atom stereocenters. The summed E-state index contributed by atoms with van der Waals surface area (Å²) in [5.41, 5.74) is -0.122. The van der Waals surface area contributed by atoms with Crippen LogP contribution in [0.5, 0.6) is 0 Å². The maximum atomic E-state index is 13.5. The van der Waals surface area contributed by atoms with Gasteiger partial charge in [-0.15, -0.1) is 0 Å². The molecule has 0 unspecified atom stereocenters. The standard InChI is InChI=1S/C11H11BrFNO3/c1-2-17-9(15)6-14-11(16)7-4-3-5-8(12)10(7)13/h3-5H,2,6H2,1H3,(H,14,16). The molecule has 0 aliphatic heterocycles. The van der Waals surface area contributed by atoms with Gasteiger partial charge in [-0.1, -0.05) is 6.07 Å². The van der Waals surface area contributed by atoms with E-state index in [1.54, 1.807) is 6.92 Å². The van der Waals surface area contributed by atoms with E-state index < -0.39 is 17.7 Å². The molecule has 0 saturated heterocycles. The van der Waals surface area contributed by atoms with Crippen molar-refractivity contribution >= 4 is 27.8 Å². The average molecular weight is 304 g/mol. The number of halogens is 2. The molecule has 1 amide bonds. The van der Waals surface area contributed by atoms with Crippen LogP contribution >= 0.6 is 15.9 Å². The van der Waals surface area contributed by atoms with E-state index in [1.807, 2.05) is 0 Å². The summed E-state index contributed by atoms with van der Waals surface area (Å²) in [7, 11) is 0. The third kappa shape index (κ3) is 3.81. The molecule has 0 aliphatic rings. The Kier molecular flexibility index (Phi) is 5.09. The van der Waals surface area contributed by atoms with Gasteiger partial charge >= 0.3 is 5.97 Å². The third-order valence-electron chi connectivity index (χ3n) is 1.89. The SMILES string of the molecule is CCOC(=O)CNC(=O)c1cccc(Br)c1F. The van der Waals surface area contributed by atoms with Crippen LogP contribution in [-0.4, -0.2) is 25.0 Å². The van der Waals surface area contributed by atoms with Crippen molar-refractivity contribution in [2.75, 3.05) is 13.2 Å². The summed E-state index contributed by atoms with van der Waals surface area (Å²) >= 11 is 2.97. The Bertz CT molecular complexity index is 437. The molecule has 0 saturated carbocycles. The third-order valence-corrected chi connectivity index (χ3v) is 2.51. The highest BCUT2D eigenvalue weighted by atomic mass is 79.9. The molecule has 0 heterocycles. The lowest BCUT2D eigenvalue weighted by molar-refractivity contribution is -0.141. The summed E-state index contributed by atoms with van der Waals surface area (Å²) in [6, 6.07) is 4.35. The smallest absolute Gasteiger partial charge is 0.325 e. The summed E-state index contributed by atoms with van der Waals surface area (Å²) in [4.78, 5) is 22.5. The van der Waals surface area contributed by atoms with Crippen LogP contribution in [-0.2, 0) is 9.53 Å². The second kappa shape index (κ2) is 6.34. The molecule has 92 valence electrons. The van der Waals surface area contributed by atoms with Gasteiger partial charge in [-0.05, 0) is 35.0 Å². The zero-order chi connectivity index (χ0) is 12.8. The largest absolute Gasteiger partial charge is 0.465 e. The van der Waals surface area contributed by atoms with Crippen molar-refractivity contribution in [3.8, 4) is 0 Å². The normalized spacial score (nSPS) is 9.82. The molecule has 1 rings (SSSR count). The summed E-state index contributed by atoms with van der Waals surface area (Å²) in [6.45, 7) is 1.62. The molecule has 0 spiro atoms. The van der Waals surface area contributed by atoms with Crippen LogP contribution in [0.25, 0.3) is 0 Å². The van der Waals surface area contributed by atoms with Crippen molar-refractivity contribution < 1.29 is 18.7 Å². The predicted octanol–water partition coefficient (Wildman–Crippen LogP) is 1.88. The number of esters is 1. The Morgan fingerprint density at radius 2 is 2.18 bits per heavy atom. The van der Waals surface area contributed by atoms with Gasteiger partial charge in [-0.3, -0.25) is 9.59 Å². The van der Waals surface area contributed by atoms with Gasteiger partial charge < -0.3 is 10.1 Å². The lowest BCUT2D eigenvalue weighted by Gasteiger charge is -2.06. The van der Waals surface area contributed by atoms with Crippen LogP contribution in [0.3, 0.4) is 0 Å². The fourth-order valence-electron chi connectivity index (χ4n) is 1.14. The maximum Gasteiger partial charge on any atom is 0.325 e. The van der Waals surface area contributed by atoms with Gasteiger partial charge in [0, 0.05) is 0 Å². The summed E-state index contributed by atoms with van der Waals surface area (Å²) < 4.78 is 18.3. The first-order chi connectivity index (χ1) is 8.06. The van der Waals surface area contributed by atoms with E-state index in [0.29, 0.717) is 0 Å². The van der Waals surface area contributed by atoms with Gasteiger partial charge in [-0.25, -0.2) is 4.39 Å². The Balaban J connectivity index is 2.64. The minimum atomic E-state index is -0.658. The highest BCUT2D eigenvalue weighted by Crippen LogP contribution is 2.18. The van der Waals surface area contributed by atoms with E-state index >= 15 is 0 Å². The predicted molar refractivity (Wildman–Crippen MR) is 63.1 cm³/mol. The zero-order valence-corrected chi connectivity index (χ0v) is 10.7. The molecular weight excluding hydrogens is 293 g/mol. The highest BCUT2D eigenvalue weighted by Gasteiger charge is 2.14. The number of benzene rings is 1. The Morgan fingerprint density at radius 3 is 2.82 bits per heavy atom. The first-order valence-electron chi connectivity index (χ1n) is 4.94. The fraction of sp³-hybridized carbons (Fsp3) is 0.273. The fourth-order valence-corrected chi connectivity index (χ4v) is 1.51. The van der Waals surface area contributed by atoms with Crippen molar-refractivity contribution in [2.45, 2.75) is 6.92 Å². The van der Waals surface area contributed by atoms with Gasteiger partial charge in [-0.2, -0.15) is 0 Å². The lowest BCUT2D eigenvalue weighted by Crippen LogP contribution is -2.31. The van der Waals surface area contributed by atoms with Gasteiger partial charge in [0.1, 0.15) is 12.4 Å². The van der Waals surface area contributed by atoms with E-state index in [4.69, 9.17) is 0 Å². The molecular formula is C11H11BrFNO3.